The molecule has 4 rings (SSSR count). The SMILES string of the molecule is Cc1ccc2cc(C(=O)OCc3nnc(C)n3C3CC3)ccc2n1. The monoisotopic (exact) mass is 322 g/mol. The Bertz CT molecular complexity index is 928. The average Bonchev–Trinajstić information content (AvgIpc) is 3.35. The normalized spacial score (nSPS) is 14.1. The van der Waals surface area contributed by atoms with Crippen LogP contribution in [-0.2, 0) is 11.3 Å². The number of carbonyl (C=O) groups is 1. The van der Waals surface area contributed by atoms with Gasteiger partial charge in [-0.25, -0.2) is 4.79 Å². The number of rotatable bonds is 4. The second-order valence-corrected chi connectivity index (χ2v) is 6.20. The van der Waals surface area contributed by atoms with Crippen LogP contribution in [0.15, 0.2) is 30.3 Å². The summed E-state index contributed by atoms with van der Waals surface area (Å²) in [5, 5.41) is 9.14. The Morgan fingerprint density at radius 3 is 2.83 bits per heavy atom. The van der Waals surface area contributed by atoms with Crippen molar-refractivity contribution < 1.29 is 9.53 Å². The van der Waals surface area contributed by atoms with Crippen LogP contribution in [-0.4, -0.2) is 25.7 Å². The molecule has 1 aliphatic carbocycles. The maximum atomic E-state index is 12.3. The molecular weight excluding hydrogens is 304 g/mol. The number of nitrogens with zero attached hydrogens (tertiary/aromatic N) is 4. The zero-order chi connectivity index (χ0) is 16.7. The highest BCUT2D eigenvalue weighted by atomic mass is 16.5. The van der Waals surface area contributed by atoms with Crippen LogP contribution in [0.1, 0.15) is 46.6 Å². The van der Waals surface area contributed by atoms with Gasteiger partial charge in [0.05, 0.1) is 11.1 Å². The first-order chi connectivity index (χ1) is 11.6. The molecule has 2 heterocycles. The average molecular weight is 322 g/mol. The third kappa shape index (κ3) is 2.75. The maximum absolute atomic E-state index is 12.3. The third-order valence-corrected chi connectivity index (χ3v) is 4.25. The van der Waals surface area contributed by atoms with E-state index in [2.05, 4.69) is 19.7 Å². The number of hydrogen-bond donors (Lipinski definition) is 0. The fourth-order valence-electron chi connectivity index (χ4n) is 2.89. The fourth-order valence-corrected chi connectivity index (χ4v) is 2.89. The number of hydrogen-bond acceptors (Lipinski definition) is 5. The molecule has 6 heteroatoms. The van der Waals surface area contributed by atoms with Crippen LogP contribution in [0.2, 0.25) is 0 Å². The van der Waals surface area contributed by atoms with Crippen molar-refractivity contribution in [3.63, 3.8) is 0 Å². The maximum Gasteiger partial charge on any atom is 0.338 e. The summed E-state index contributed by atoms with van der Waals surface area (Å²) >= 11 is 0. The molecule has 1 fully saturated rings. The zero-order valence-corrected chi connectivity index (χ0v) is 13.7. The molecule has 0 saturated heterocycles. The van der Waals surface area contributed by atoms with Gasteiger partial charge in [0.25, 0.3) is 0 Å². The first kappa shape index (κ1) is 14.8. The Balaban J connectivity index is 1.51. The minimum absolute atomic E-state index is 0.139. The molecule has 0 N–H and O–H groups in total. The van der Waals surface area contributed by atoms with Crippen LogP contribution in [0, 0.1) is 13.8 Å². The lowest BCUT2D eigenvalue weighted by atomic mass is 10.1. The molecule has 122 valence electrons. The summed E-state index contributed by atoms with van der Waals surface area (Å²) in [7, 11) is 0. The number of esters is 1. The standard InChI is InChI=1S/C18H18N4O2/c1-11-3-4-13-9-14(5-8-16(13)19-11)18(23)24-10-17-21-20-12(2)22(17)15-6-7-15/h3-5,8-9,15H,6-7,10H2,1-2H3. The Morgan fingerprint density at radius 2 is 2.04 bits per heavy atom. The van der Waals surface area contributed by atoms with Gasteiger partial charge < -0.3 is 9.30 Å². The summed E-state index contributed by atoms with van der Waals surface area (Å²) in [6.45, 7) is 4.01. The van der Waals surface area contributed by atoms with E-state index in [9.17, 15) is 4.79 Å². The third-order valence-electron chi connectivity index (χ3n) is 4.25. The summed E-state index contributed by atoms with van der Waals surface area (Å²) in [5.41, 5.74) is 2.34. The Labute approximate surface area is 139 Å². The highest BCUT2D eigenvalue weighted by Gasteiger charge is 2.28. The predicted molar refractivity (Wildman–Crippen MR) is 88.6 cm³/mol. The predicted octanol–water partition coefficient (Wildman–Crippen LogP) is 3.14. The number of aryl methyl sites for hydroxylation is 2. The van der Waals surface area contributed by atoms with Crippen molar-refractivity contribution >= 4 is 16.9 Å². The Kier molecular flexibility index (Phi) is 3.52. The van der Waals surface area contributed by atoms with Crippen LogP contribution in [0.4, 0.5) is 0 Å². The van der Waals surface area contributed by atoms with E-state index in [-0.39, 0.29) is 12.6 Å². The number of fused-ring (bicyclic) bond motifs is 1. The van der Waals surface area contributed by atoms with Gasteiger partial charge in [0, 0.05) is 17.1 Å². The molecule has 0 unspecified atom stereocenters. The van der Waals surface area contributed by atoms with Gasteiger partial charge in [0.2, 0.25) is 0 Å². The highest BCUT2D eigenvalue weighted by molar-refractivity contribution is 5.94. The lowest BCUT2D eigenvalue weighted by Gasteiger charge is -2.08. The summed E-state index contributed by atoms with van der Waals surface area (Å²) < 4.78 is 7.51. The van der Waals surface area contributed by atoms with Crippen LogP contribution in [0.25, 0.3) is 10.9 Å². The topological polar surface area (TPSA) is 69.9 Å². The van der Waals surface area contributed by atoms with E-state index >= 15 is 0 Å². The number of pyridine rings is 1. The highest BCUT2D eigenvalue weighted by Crippen LogP contribution is 2.36. The molecule has 0 aliphatic heterocycles. The zero-order valence-electron chi connectivity index (χ0n) is 13.7. The molecule has 1 saturated carbocycles. The van der Waals surface area contributed by atoms with Crippen molar-refractivity contribution in [2.24, 2.45) is 0 Å². The van der Waals surface area contributed by atoms with E-state index in [0.717, 1.165) is 35.3 Å². The first-order valence-electron chi connectivity index (χ1n) is 8.07. The Morgan fingerprint density at radius 1 is 1.21 bits per heavy atom. The quantitative estimate of drug-likeness (QED) is 0.690. The summed E-state index contributed by atoms with van der Waals surface area (Å²) in [6.07, 6.45) is 2.27. The number of benzene rings is 1. The second-order valence-electron chi connectivity index (χ2n) is 6.20. The first-order valence-corrected chi connectivity index (χ1v) is 8.07. The van der Waals surface area contributed by atoms with Crippen LogP contribution in [0.3, 0.4) is 0 Å². The summed E-state index contributed by atoms with van der Waals surface area (Å²) in [5.74, 6) is 1.22. The van der Waals surface area contributed by atoms with Gasteiger partial charge in [-0.05, 0) is 51.0 Å². The smallest absolute Gasteiger partial charge is 0.338 e. The van der Waals surface area contributed by atoms with Crippen molar-refractivity contribution in [1.82, 2.24) is 19.7 Å². The van der Waals surface area contributed by atoms with Gasteiger partial charge in [-0.2, -0.15) is 0 Å². The van der Waals surface area contributed by atoms with E-state index in [1.54, 1.807) is 12.1 Å². The molecule has 6 nitrogen and oxygen atoms in total. The lowest BCUT2D eigenvalue weighted by Crippen LogP contribution is -2.10. The molecule has 1 aromatic carbocycles. The van der Waals surface area contributed by atoms with Crippen LogP contribution in [0.5, 0.6) is 0 Å². The van der Waals surface area contributed by atoms with Crippen molar-refractivity contribution in [2.45, 2.75) is 39.3 Å². The molecule has 0 amide bonds. The number of carbonyl (C=O) groups excluding carboxylic acids is 1. The van der Waals surface area contributed by atoms with Crippen LogP contribution < -0.4 is 0 Å². The molecule has 1 aliphatic rings. The van der Waals surface area contributed by atoms with Gasteiger partial charge in [-0.1, -0.05) is 6.07 Å². The van der Waals surface area contributed by atoms with Crippen molar-refractivity contribution in [1.29, 1.82) is 0 Å². The molecule has 24 heavy (non-hydrogen) atoms. The molecule has 2 aromatic heterocycles. The van der Waals surface area contributed by atoms with E-state index in [1.165, 1.54) is 0 Å². The molecular formula is C18H18N4O2. The molecule has 0 bridgehead atoms. The second kappa shape index (κ2) is 5.70. The molecule has 0 spiro atoms. The van der Waals surface area contributed by atoms with Gasteiger partial charge in [0.1, 0.15) is 5.82 Å². The van der Waals surface area contributed by atoms with Gasteiger partial charge >= 0.3 is 5.97 Å². The van der Waals surface area contributed by atoms with Crippen molar-refractivity contribution in [2.75, 3.05) is 0 Å². The lowest BCUT2D eigenvalue weighted by molar-refractivity contribution is 0.0457. The summed E-state index contributed by atoms with van der Waals surface area (Å²) in [4.78, 5) is 16.8. The Hall–Kier alpha value is -2.76. The van der Waals surface area contributed by atoms with Crippen molar-refractivity contribution in [3.05, 3.63) is 53.2 Å². The fraction of sp³-hybridized carbons (Fsp3) is 0.333. The largest absolute Gasteiger partial charge is 0.454 e. The van der Waals surface area contributed by atoms with Gasteiger partial charge in [-0.15, -0.1) is 10.2 Å². The minimum atomic E-state index is -0.361. The minimum Gasteiger partial charge on any atom is -0.454 e. The number of ether oxygens (including phenoxy) is 1. The van der Waals surface area contributed by atoms with E-state index in [1.807, 2.05) is 32.0 Å². The molecule has 0 radical (unpaired) electrons. The van der Waals surface area contributed by atoms with E-state index in [4.69, 9.17) is 4.74 Å². The molecule has 0 atom stereocenters. The summed E-state index contributed by atoms with van der Waals surface area (Å²) in [6, 6.07) is 9.74. The van der Waals surface area contributed by atoms with E-state index in [0.29, 0.717) is 17.4 Å². The number of aromatic nitrogens is 4. The van der Waals surface area contributed by atoms with Crippen molar-refractivity contribution in [3.8, 4) is 0 Å². The van der Waals surface area contributed by atoms with Crippen LogP contribution >= 0.6 is 0 Å². The van der Waals surface area contributed by atoms with E-state index < -0.39 is 0 Å². The molecule has 3 aromatic rings. The van der Waals surface area contributed by atoms with Gasteiger partial charge in [0.15, 0.2) is 12.4 Å². The van der Waals surface area contributed by atoms with Gasteiger partial charge in [-0.3, -0.25) is 4.98 Å².